The Morgan fingerprint density at radius 3 is 1.45 bits per heavy atom. The van der Waals surface area contributed by atoms with Crippen LogP contribution >= 0.6 is 0 Å². The van der Waals surface area contributed by atoms with E-state index < -0.39 is 0 Å². The van der Waals surface area contributed by atoms with Crippen molar-refractivity contribution in [1.29, 1.82) is 0 Å². The highest BCUT2D eigenvalue weighted by Crippen LogP contribution is 2.14. The molecule has 0 aliphatic carbocycles. The molecule has 0 unspecified atom stereocenters. The van der Waals surface area contributed by atoms with Crippen molar-refractivity contribution in [3.8, 4) is 0 Å². The first-order valence-corrected chi connectivity index (χ1v) is 18.7. The van der Waals surface area contributed by atoms with E-state index in [1.54, 1.807) is 0 Å². The Morgan fingerprint density at radius 2 is 0.952 bits per heavy atom. The molecule has 0 aliphatic rings. The lowest BCUT2D eigenvalue weighted by Gasteiger charge is -2.22. The summed E-state index contributed by atoms with van der Waals surface area (Å²) in [6.45, 7) is 9.67. The molecule has 0 bridgehead atoms. The van der Waals surface area contributed by atoms with Gasteiger partial charge in [-0.25, -0.2) is 0 Å². The monoisotopic (exact) mass is 591 g/mol. The van der Waals surface area contributed by atoms with Crippen LogP contribution in [0.25, 0.3) is 0 Å². The van der Waals surface area contributed by atoms with E-state index >= 15 is 0 Å². The molecule has 4 heteroatoms. The minimum Gasteiger partial charge on any atom is -0.356 e. The number of allylic oxidation sites excluding steroid dienone is 2. The fraction of sp³-hybridized carbons (Fsp3) is 0.895. The highest BCUT2D eigenvalue weighted by molar-refractivity contribution is 5.76. The van der Waals surface area contributed by atoms with Crippen LogP contribution in [-0.4, -0.2) is 24.4 Å². The molecule has 2 amide bonds. The first-order valence-electron chi connectivity index (χ1n) is 18.7. The van der Waals surface area contributed by atoms with E-state index in [0.29, 0.717) is 18.8 Å². The van der Waals surface area contributed by atoms with Crippen molar-refractivity contribution in [2.45, 2.75) is 207 Å². The van der Waals surface area contributed by atoms with Crippen LogP contribution < -0.4 is 10.6 Å². The lowest BCUT2D eigenvalue weighted by atomic mass is 9.98. The molecule has 4 nitrogen and oxygen atoms in total. The van der Waals surface area contributed by atoms with Gasteiger partial charge in [0.05, 0.1) is 0 Å². The summed E-state index contributed by atoms with van der Waals surface area (Å²) < 4.78 is 0. The summed E-state index contributed by atoms with van der Waals surface area (Å²) in [5, 5.41) is 6.39. The first kappa shape index (κ1) is 40.7. The van der Waals surface area contributed by atoms with E-state index in [-0.39, 0.29) is 17.9 Å². The van der Waals surface area contributed by atoms with Gasteiger partial charge in [0.1, 0.15) is 0 Å². The molecule has 42 heavy (non-hydrogen) atoms. The predicted molar refractivity (Wildman–Crippen MR) is 185 cm³/mol. The van der Waals surface area contributed by atoms with Crippen LogP contribution in [0.1, 0.15) is 201 Å². The van der Waals surface area contributed by atoms with Crippen molar-refractivity contribution in [3.05, 3.63) is 12.2 Å². The Kier molecular flexibility index (Phi) is 31.6. The zero-order chi connectivity index (χ0) is 30.9. The molecule has 0 rings (SSSR count). The number of hydrogen-bond donors (Lipinski definition) is 2. The quantitative estimate of drug-likeness (QED) is 0.0604. The standard InChI is InChI=1S/C38H74N2O2/c1-5-7-9-11-13-15-17-18-20-21-23-25-27-32-37(41)39-34-30-29-31-36(35(3)4)40-38(42)33-28-26-24-22-19-16-14-12-10-8-6-2/h15,17,35-36H,5-14,16,18-34H2,1-4H3,(H,39,41)(H,40,42)/b17-15-/t36-/m0/s1. The Hall–Kier alpha value is -1.32. The van der Waals surface area contributed by atoms with Crippen molar-refractivity contribution in [3.63, 3.8) is 0 Å². The molecule has 0 aromatic rings. The van der Waals surface area contributed by atoms with Gasteiger partial charge in [0.25, 0.3) is 0 Å². The second-order valence-electron chi connectivity index (χ2n) is 13.2. The molecule has 248 valence electrons. The molecule has 1 atom stereocenters. The molecular weight excluding hydrogens is 516 g/mol. The second-order valence-corrected chi connectivity index (χ2v) is 13.2. The normalized spacial score (nSPS) is 12.3. The average Bonchev–Trinajstić information content (AvgIpc) is 2.97. The third kappa shape index (κ3) is 30.1. The summed E-state index contributed by atoms with van der Waals surface area (Å²) in [6, 6.07) is 0.238. The van der Waals surface area contributed by atoms with Crippen LogP contribution in [0.5, 0.6) is 0 Å². The first-order chi connectivity index (χ1) is 20.5. The zero-order valence-corrected chi connectivity index (χ0v) is 28.9. The highest BCUT2D eigenvalue weighted by Gasteiger charge is 2.15. The van der Waals surface area contributed by atoms with Crippen molar-refractivity contribution in [2.75, 3.05) is 6.54 Å². The zero-order valence-electron chi connectivity index (χ0n) is 28.9. The maximum absolute atomic E-state index is 12.5. The molecular formula is C38H74N2O2. The second kappa shape index (κ2) is 32.6. The van der Waals surface area contributed by atoms with Crippen LogP contribution in [0.3, 0.4) is 0 Å². The van der Waals surface area contributed by atoms with Crippen molar-refractivity contribution >= 4 is 11.8 Å². The van der Waals surface area contributed by atoms with Gasteiger partial charge in [-0.15, -0.1) is 0 Å². The molecule has 0 radical (unpaired) electrons. The maximum Gasteiger partial charge on any atom is 0.220 e. The number of carbonyl (C=O) groups excluding carboxylic acids is 2. The molecule has 0 heterocycles. The van der Waals surface area contributed by atoms with Crippen molar-refractivity contribution in [1.82, 2.24) is 10.6 Å². The van der Waals surface area contributed by atoms with Gasteiger partial charge in [0, 0.05) is 25.4 Å². The van der Waals surface area contributed by atoms with Crippen LogP contribution in [0.4, 0.5) is 0 Å². The number of rotatable bonds is 32. The van der Waals surface area contributed by atoms with Gasteiger partial charge in [0.15, 0.2) is 0 Å². The largest absolute Gasteiger partial charge is 0.356 e. The molecule has 0 aliphatic heterocycles. The number of amides is 2. The minimum absolute atomic E-state index is 0.196. The van der Waals surface area contributed by atoms with Gasteiger partial charge in [-0.2, -0.15) is 0 Å². The summed E-state index contributed by atoms with van der Waals surface area (Å²) in [5.74, 6) is 0.848. The number of hydrogen-bond acceptors (Lipinski definition) is 2. The van der Waals surface area contributed by atoms with E-state index in [4.69, 9.17) is 0 Å². The number of unbranched alkanes of at least 4 members (excludes halogenated alkanes) is 20. The van der Waals surface area contributed by atoms with E-state index in [1.165, 1.54) is 122 Å². The van der Waals surface area contributed by atoms with Gasteiger partial charge in [-0.05, 0) is 63.7 Å². The fourth-order valence-corrected chi connectivity index (χ4v) is 5.61. The SMILES string of the molecule is CCCCCC/C=C\CCCCCCCC(=O)NCCCC[C@H](NC(=O)CCCCCCCCCCCCC)C(C)C. The average molecular weight is 591 g/mol. The predicted octanol–water partition coefficient (Wildman–Crippen LogP) is 11.4. The third-order valence-corrected chi connectivity index (χ3v) is 8.59. The van der Waals surface area contributed by atoms with Gasteiger partial charge >= 0.3 is 0 Å². The molecule has 0 aromatic heterocycles. The lowest BCUT2D eigenvalue weighted by Crippen LogP contribution is -2.38. The van der Waals surface area contributed by atoms with E-state index in [0.717, 1.165) is 45.1 Å². The van der Waals surface area contributed by atoms with Crippen LogP contribution in [0.2, 0.25) is 0 Å². The van der Waals surface area contributed by atoms with Gasteiger partial charge in [0.2, 0.25) is 11.8 Å². The molecule has 0 saturated carbocycles. The number of nitrogens with one attached hydrogen (secondary N) is 2. The van der Waals surface area contributed by atoms with Gasteiger partial charge in [-0.1, -0.05) is 143 Å². The fourth-order valence-electron chi connectivity index (χ4n) is 5.61. The van der Waals surface area contributed by atoms with E-state index in [9.17, 15) is 9.59 Å². The Balaban J connectivity index is 3.65. The van der Waals surface area contributed by atoms with Crippen molar-refractivity contribution < 1.29 is 9.59 Å². The van der Waals surface area contributed by atoms with Gasteiger partial charge in [-0.3, -0.25) is 9.59 Å². The lowest BCUT2D eigenvalue weighted by molar-refractivity contribution is -0.122. The molecule has 0 aromatic carbocycles. The summed E-state index contributed by atoms with van der Waals surface area (Å²) >= 11 is 0. The molecule has 0 fully saturated rings. The van der Waals surface area contributed by atoms with Crippen LogP contribution in [0, 0.1) is 5.92 Å². The van der Waals surface area contributed by atoms with E-state index in [2.05, 4.69) is 50.5 Å². The molecule has 0 spiro atoms. The topological polar surface area (TPSA) is 58.2 Å². The van der Waals surface area contributed by atoms with E-state index in [1.807, 2.05) is 0 Å². The highest BCUT2D eigenvalue weighted by atomic mass is 16.2. The van der Waals surface area contributed by atoms with Crippen molar-refractivity contribution in [2.24, 2.45) is 5.92 Å². The minimum atomic E-state index is 0.196. The molecule has 2 N–H and O–H groups in total. The van der Waals surface area contributed by atoms with Crippen LogP contribution in [0.15, 0.2) is 12.2 Å². The summed E-state index contributed by atoms with van der Waals surface area (Å²) in [4.78, 5) is 24.7. The molecule has 0 saturated heterocycles. The Morgan fingerprint density at radius 1 is 0.524 bits per heavy atom. The smallest absolute Gasteiger partial charge is 0.220 e. The Labute approximate surface area is 263 Å². The third-order valence-electron chi connectivity index (χ3n) is 8.59. The summed E-state index contributed by atoms with van der Waals surface area (Å²) in [7, 11) is 0. The van der Waals surface area contributed by atoms with Gasteiger partial charge < -0.3 is 10.6 Å². The Bertz CT molecular complexity index is 616. The van der Waals surface area contributed by atoms with Crippen LogP contribution in [-0.2, 0) is 9.59 Å². The summed E-state index contributed by atoms with van der Waals surface area (Å²) in [6.07, 6.45) is 37.2. The number of carbonyl (C=O) groups is 2. The maximum atomic E-state index is 12.5. The summed E-state index contributed by atoms with van der Waals surface area (Å²) in [5.41, 5.74) is 0.